The Morgan fingerprint density at radius 3 is 2.62 bits per heavy atom. The van der Waals surface area contributed by atoms with E-state index in [0.717, 1.165) is 0 Å². The number of pyridine rings is 1. The lowest BCUT2D eigenvalue weighted by Crippen LogP contribution is -2.17. The van der Waals surface area contributed by atoms with Crippen molar-refractivity contribution in [1.29, 1.82) is 0 Å². The monoisotopic (exact) mass is 291 g/mol. The number of carbonyl (C=O) groups excluding carboxylic acids is 1. The van der Waals surface area contributed by atoms with E-state index in [-0.39, 0.29) is 5.76 Å². The number of ether oxygens (including phenoxy) is 2. The largest absolute Gasteiger partial charge is 0.363 e. The molecule has 0 spiro atoms. The highest BCUT2D eigenvalue weighted by molar-refractivity contribution is 5.93. The zero-order valence-corrected chi connectivity index (χ0v) is 11.9. The average molecular weight is 291 g/mol. The molecule has 0 radical (unpaired) electrons. The number of rotatable bonds is 7. The number of amides is 1. The Hall–Kier alpha value is -2.25. The van der Waals surface area contributed by atoms with Gasteiger partial charge in [-0.2, -0.15) is 0 Å². The van der Waals surface area contributed by atoms with E-state index in [9.17, 15) is 4.79 Å². The van der Waals surface area contributed by atoms with Gasteiger partial charge in [0.25, 0.3) is 5.91 Å². The van der Waals surface area contributed by atoms with Crippen molar-refractivity contribution in [2.24, 2.45) is 5.73 Å². The zero-order chi connectivity index (χ0) is 15.2. The lowest BCUT2D eigenvalue weighted by atomic mass is 10.1. The van der Waals surface area contributed by atoms with Gasteiger partial charge in [0.1, 0.15) is 5.69 Å². The lowest BCUT2D eigenvalue weighted by Gasteiger charge is -2.17. The number of primary amides is 1. The zero-order valence-electron chi connectivity index (χ0n) is 11.9. The van der Waals surface area contributed by atoms with Gasteiger partial charge in [-0.3, -0.25) is 9.78 Å². The van der Waals surface area contributed by atoms with Gasteiger partial charge in [-0.25, -0.2) is 0 Å². The van der Waals surface area contributed by atoms with Crippen LogP contribution in [0, 0.1) is 0 Å². The van der Waals surface area contributed by atoms with Gasteiger partial charge in [-0.1, -0.05) is 5.16 Å². The van der Waals surface area contributed by atoms with Crippen molar-refractivity contribution < 1.29 is 18.8 Å². The van der Waals surface area contributed by atoms with E-state index in [1.807, 2.05) is 13.8 Å². The van der Waals surface area contributed by atoms with Crippen molar-refractivity contribution in [3.63, 3.8) is 0 Å². The first-order valence-corrected chi connectivity index (χ1v) is 6.62. The first-order chi connectivity index (χ1) is 10.2. The van der Waals surface area contributed by atoms with E-state index in [2.05, 4.69) is 10.1 Å². The van der Waals surface area contributed by atoms with Crippen LogP contribution in [-0.4, -0.2) is 29.3 Å². The van der Waals surface area contributed by atoms with Crippen LogP contribution in [0.1, 0.15) is 36.3 Å². The van der Waals surface area contributed by atoms with Gasteiger partial charge in [0.2, 0.25) is 5.76 Å². The van der Waals surface area contributed by atoms with E-state index in [1.54, 1.807) is 24.5 Å². The second-order valence-corrected chi connectivity index (χ2v) is 4.12. The van der Waals surface area contributed by atoms with Gasteiger partial charge in [0, 0.05) is 31.2 Å². The minimum atomic E-state index is -0.774. The molecule has 2 aromatic heterocycles. The van der Waals surface area contributed by atoms with E-state index >= 15 is 0 Å². The summed E-state index contributed by atoms with van der Waals surface area (Å²) >= 11 is 0. The van der Waals surface area contributed by atoms with Crippen molar-refractivity contribution in [2.75, 3.05) is 13.2 Å². The van der Waals surface area contributed by atoms with Gasteiger partial charge in [-0.15, -0.1) is 0 Å². The molecule has 0 aliphatic carbocycles. The Labute approximate surface area is 122 Å². The second kappa shape index (κ2) is 6.96. The fourth-order valence-electron chi connectivity index (χ4n) is 1.92. The van der Waals surface area contributed by atoms with Gasteiger partial charge in [-0.05, 0) is 26.0 Å². The molecule has 0 saturated carbocycles. The molecule has 2 rings (SSSR count). The third-order valence-electron chi connectivity index (χ3n) is 2.76. The maximum Gasteiger partial charge on any atom is 0.287 e. The Bertz CT molecular complexity index is 592. The summed E-state index contributed by atoms with van der Waals surface area (Å²) in [5.74, 6) is -0.794. The fourth-order valence-corrected chi connectivity index (χ4v) is 1.92. The number of carbonyl (C=O) groups is 1. The summed E-state index contributed by atoms with van der Waals surface area (Å²) in [5.41, 5.74) is 6.85. The summed E-state index contributed by atoms with van der Waals surface area (Å²) in [5, 5.41) is 3.92. The minimum Gasteiger partial charge on any atom is -0.363 e. The summed E-state index contributed by atoms with van der Waals surface area (Å²) in [6, 6.07) is 3.56. The smallest absolute Gasteiger partial charge is 0.287 e. The molecule has 0 atom stereocenters. The van der Waals surface area contributed by atoms with Crippen molar-refractivity contribution in [2.45, 2.75) is 20.1 Å². The third-order valence-corrected chi connectivity index (χ3v) is 2.76. The maximum absolute atomic E-state index is 11.5. The maximum atomic E-state index is 11.5. The number of hydrogen-bond acceptors (Lipinski definition) is 6. The van der Waals surface area contributed by atoms with Gasteiger partial charge < -0.3 is 19.7 Å². The molecule has 0 bridgehead atoms. The van der Waals surface area contributed by atoms with E-state index in [4.69, 9.17) is 19.7 Å². The Morgan fingerprint density at radius 1 is 1.38 bits per heavy atom. The van der Waals surface area contributed by atoms with Crippen LogP contribution in [0.3, 0.4) is 0 Å². The quantitative estimate of drug-likeness (QED) is 0.782. The highest BCUT2D eigenvalue weighted by Gasteiger charge is 2.29. The topological polar surface area (TPSA) is 100 Å². The molecule has 7 heteroatoms. The van der Waals surface area contributed by atoms with Crippen LogP contribution in [0.4, 0.5) is 0 Å². The molecular weight excluding hydrogens is 274 g/mol. The molecule has 0 unspecified atom stereocenters. The minimum absolute atomic E-state index is 0.0687. The van der Waals surface area contributed by atoms with Crippen LogP contribution in [-0.2, 0) is 9.47 Å². The normalized spacial score (nSPS) is 11.0. The Kier molecular flexibility index (Phi) is 5.02. The van der Waals surface area contributed by atoms with Crippen LogP contribution in [0.15, 0.2) is 29.0 Å². The molecule has 2 aromatic rings. The number of aromatic nitrogens is 2. The summed E-state index contributed by atoms with van der Waals surface area (Å²) in [4.78, 5) is 15.6. The second-order valence-electron chi connectivity index (χ2n) is 4.12. The molecule has 0 aliphatic rings. The third kappa shape index (κ3) is 3.26. The number of nitrogens with two attached hydrogens (primary N) is 1. The molecule has 7 nitrogen and oxygen atoms in total. The van der Waals surface area contributed by atoms with Gasteiger partial charge in [0.15, 0.2) is 6.29 Å². The summed E-state index contributed by atoms with van der Waals surface area (Å²) in [6.45, 7) is 4.46. The van der Waals surface area contributed by atoms with Crippen LogP contribution < -0.4 is 5.73 Å². The van der Waals surface area contributed by atoms with Crippen molar-refractivity contribution in [3.8, 4) is 11.3 Å². The molecular formula is C14H17N3O4. The van der Waals surface area contributed by atoms with Crippen LogP contribution >= 0.6 is 0 Å². The average Bonchev–Trinajstić information content (AvgIpc) is 2.93. The first kappa shape index (κ1) is 15.1. The van der Waals surface area contributed by atoms with Crippen molar-refractivity contribution in [3.05, 3.63) is 35.9 Å². The standard InChI is InChI=1S/C14H17N3O4/c1-3-19-14(20-4-2)10-11(9-6-5-7-16-8-9)17-21-12(10)13(15)18/h5-8,14H,3-4H2,1-2H3,(H2,15,18). The van der Waals surface area contributed by atoms with E-state index in [0.29, 0.717) is 30.0 Å². The molecule has 21 heavy (non-hydrogen) atoms. The Morgan fingerprint density at radius 2 is 2.10 bits per heavy atom. The lowest BCUT2D eigenvalue weighted by molar-refractivity contribution is -0.140. The first-order valence-electron chi connectivity index (χ1n) is 6.62. The molecule has 0 fully saturated rings. The van der Waals surface area contributed by atoms with Gasteiger partial charge in [0.05, 0.1) is 5.56 Å². The predicted octanol–water partition coefficient (Wildman–Crippen LogP) is 1.91. The fraction of sp³-hybridized carbons (Fsp3) is 0.357. The highest BCUT2D eigenvalue weighted by atomic mass is 16.7. The summed E-state index contributed by atoms with van der Waals surface area (Å²) < 4.78 is 16.1. The van der Waals surface area contributed by atoms with E-state index < -0.39 is 12.2 Å². The highest BCUT2D eigenvalue weighted by Crippen LogP contribution is 2.32. The molecule has 112 valence electrons. The number of hydrogen-bond donors (Lipinski definition) is 1. The molecule has 1 amide bonds. The molecule has 2 N–H and O–H groups in total. The summed E-state index contributed by atoms with van der Waals surface area (Å²) in [7, 11) is 0. The van der Waals surface area contributed by atoms with Gasteiger partial charge >= 0.3 is 0 Å². The molecule has 0 aromatic carbocycles. The van der Waals surface area contributed by atoms with Crippen LogP contribution in [0.5, 0.6) is 0 Å². The molecule has 0 aliphatic heterocycles. The Balaban J connectivity index is 2.54. The van der Waals surface area contributed by atoms with E-state index in [1.165, 1.54) is 0 Å². The summed E-state index contributed by atoms with van der Waals surface area (Å²) in [6.07, 6.45) is 2.48. The molecule has 0 saturated heterocycles. The van der Waals surface area contributed by atoms with Crippen molar-refractivity contribution >= 4 is 5.91 Å². The van der Waals surface area contributed by atoms with Crippen molar-refractivity contribution in [1.82, 2.24) is 10.1 Å². The van der Waals surface area contributed by atoms with Crippen LogP contribution in [0.2, 0.25) is 0 Å². The SMILES string of the molecule is CCOC(OCC)c1c(-c2cccnc2)noc1C(N)=O. The molecule has 2 heterocycles. The van der Waals surface area contributed by atoms with Crippen LogP contribution in [0.25, 0.3) is 11.3 Å². The number of nitrogens with zero attached hydrogens (tertiary/aromatic N) is 2. The predicted molar refractivity (Wildman–Crippen MR) is 74.2 cm³/mol.